The summed E-state index contributed by atoms with van der Waals surface area (Å²) in [6.45, 7) is 0. The van der Waals surface area contributed by atoms with Gasteiger partial charge in [-0.1, -0.05) is 4.49 Å². The molecule has 1 aromatic carbocycles. The quantitative estimate of drug-likeness (QED) is 0.793. The van der Waals surface area contributed by atoms with Crippen molar-refractivity contribution in [1.29, 1.82) is 0 Å². The molecule has 0 bridgehead atoms. The minimum Gasteiger partial charge on any atom is -0.497 e. The molecule has 3 N–H and O–H groups in total. The summed E-state index contributed by atoms with van der Waals surface area (Å²) in [6.07, 6.45) is 1.38. The first-order valence-electron chi connectivity index (χ1n) is 5.37. The molecule has 2 rings (SSSR count). The first kappa shape index (κ1) is 13.7. The van der Waals surface area contributed by atoms with Crippen LogP contribution in [0.25, 0.3) is 0 Å². The third-order valence-electron chi connectivity index (χ3n) is 2.30. The summed E-state index contributed by atoms with van der Waals surface area (Å²) in [5.74, 6) is -0.716. The van der Waals surface area contributed by atoms with Crippen molar-refractivity contribution in [2.45, 2.75) is 0 Å². The second-order valence-corrected chi connectivity index (χ2v) is 4.36. The predicted molar refractivity (Wildman–Crippen MR) is 72.5 cm³/mol. The SMILES string of the molecule is COc1ccc(C(=O)O)c(NC(=O)Nc2cnns2)c1. The van der Waals surface area contributed by atoms with Gasteiger partial charge in [-0.15, -0.1) is 5.10 Å². The number of urea groups is 1. The van der Waals surface area contributed by atoms with E-state index in [0.29, 0.717) is 10.8 Å². The van der Waals surface area contributed by atoms with Crippen molar-refractivity contribution < 1.29 is 19.4 Å². The van der Waals surface area contributed by atoms with Crippen LogP contribution < -0.4 is 15.4 Å². The highest BCUT2D eigenvalue weighted by Gasteiger charge is 2.14. The summed E-state index contributed by atoms with van der Waals surface area (Å²) >= 11 is 1.01. The van der Waals surface area contributed by atoms with Crippen LogP contribution in [0.5, 0.6) is 5.75 Å². The maximum Gasteiger partial charge on any atom is 0.337 e. The molecule has 0 radical (unpaired) electrons. The summed E-state index contributed by atoms with van der Waals surface area (Å²) < 4.78 is 8.58. The Morgan fingerprint density at radius 2 is 2.15 bits per heavy atom. The number of benzene rings is 1. The summed E-state index contributed by atoms with van der Waals surface area (Å²) in [7, 11) is 1.45. The Morgan fingerprint density at radius 1 is 1.35 bits per heavy atom. The second kappa shape index (κ2) is 5.97. The molecular weight excluding hydrogens is 284 g/mol. The molecule has 0 aliphatic rings. The van der Waals surface area contributed by atoms with E-state index in [9.17, 15) is 9.59 Å². The minimum atomic E-state index is -1.15. The number of amides is 2. The van der Waals surface area contributed by atoms with Crippen LogP contribution in [0.2, 0.25) is 0 Å². The van der Waals surface area contributed by atoms with Gasteiger partial charge in [-0.05, 0) is 12.1 Å². The fraction of sp³-hybridized carbons (Fsp3) is 0.0909. The third-order valence-corrected chi connectivity index (χ3v) is 2.88. The highest BCUT2D eigenvalue weighted by atomic mass is 32.1. The number of rotatable bonds is 4. The molecule has 0 saturated carbocycles. The number of anilines is 2. The monoisotopic (exact) mass is 294 g/mol. The van der Waals surface area contributed by atoms with Crippen LogP contribution in [0.1, 0.15) is 10.4 Å². The molecule has 20 heavy (non-hydrogen) atoms. The van der Waals surface area contributed by atoms with E-state index in [-0.39, 0.29) is 11.3 Å². The van der Waals surface area contributed by atoms with Crippen LogP contribution in [-0.2, 0) is 0 Å². The van der Waals surface area contributed by atoms with Crippen molar-refractivity contribution in [3.63, 3.8) is 0 Å². The van der Waals surface area contributed by atoms with Gasteiger partial charge in [0.25, 0.3) is 0 Å². The molecule has 0 fully saturated rings. The summed E-state index contributed by atoms with van der Waals surface area (Å²) in [4.78, 5) is 22.8. The number of carboxylic acids is 1. The largest absolute Gasteiger partial charge is 0.497 e. The molecule has 1 aromatic heterocycles. The Hall–Kier alpha value is -2.68. The van der Waals surface area contributed by atoms with E-state index in [1.807, 2.05) is 0 Å². The molecule has 0 unspecified atom stereocenters. The number of carbonyl (C=O) groups excluding carboxylic acids is 1. The molecule has 0 saturated heterocycles. The van der Waals surface area contributed by atoms with E-state index >= 15 is 0 Å². The molecule has 9 heteroatoms. The third kappa shape index (κ3) is 3.20. The van der Waals surface area contributed by atoms with E-state index in [0.717, 1.165) is 11.5 Å². The van der Waals surface area contributed by atoms with Crippen molar-refractivity contribution in [2.75, 3.05) is 17.7 Å². The Bertz CT molecular complexity index is 629. The molecule has 1 heterocycles. The number of aromatic nitrogens is 2. The number of carbonyl (C=O) groups is 2. The van der Waals surface area contributed by atoms with Gasteiger partial charge in [0.1, 0.15) is 10.8 Å². The number of aromatic carboxylic acids is 1. The lowest BCUT2D eigenvalue weighted by Gasteiger charge is -2.10. The lowest BCUT2D eigenvalue weighted by atomic mass is 10.1. The van der Waals surface area contributed by atoms with E-state index < -0.39 is 12.0 Å². The standard InChI is InChI=1S/C11H10N4O4S/c1-19-6-2-3-7(10(16)17)8(4-6)13-11(18)14-9-5-12-15-20-9/h2-5H,1H3,(H,16,17)(H2,13,14,18). The van der Waals surface area contributed by atoms with Gasteiger partial charge in [0.05, 0.1) is 24.6 Å². The topological polar surface area (TPSA) is 113 Å². The lowest BCUT2D eigenvalue weighted by molar-refractivity contribution is 0.0698. The molecule has 2 aromatic rings. The van der Waals surface area contributed by atoms with Crippen molar-refractivity contribution >= 4 is 34.2 Å². The fourth-order valence-corrected chi connectivity index (χ4v) is 1.84. The predicted octanol–water partition coefficient (Wildman–Crippen LogP) is 1.89. The van der Waals surface area contributed by atoms with Gasteiger partial charge in [-0.25, -0.2) is 9.59 Å². The van der Waals surface area contributed by atoms with Crippen molar-refractivity contribution in [3.05, 3.63) is 30.0 Å². The molecule has 0 aliphatic carbocycles. The van der Waals surface area contributed by atoms with Gasteiger partial charge in [-0.2, -0.15) is 0 Å². The maximum absolute atomic E-state index is 11.7. The molecule has 0 spiro atoms. The Kier molecular flexibility index (Phi) is 4.11. The summed E-state index contributed by atoms with van der Waals surface area (Å²) in [5, 5.41) is 18.0. The van der Waals surface area contributed by atoms with Crippen LogP contribution in [0, 0.1) is 0 Å². The van der Waals surface area contributed by atoms with Crippen LogP contribution >= 0.6 is 11.5 Å². The smallest absolute Gasteiger partial charge is 0.337 e. The zero-order valence-electron chi connectivity index (χ0n) is 10.3. The van der Waals surface area contributed by atoms with Crippen LogP contribution in [0.3, 0.4) is 0 Å². The van der Waals surface area contributed by atoms with E-state index in [1.54, 1.807) is 0 Å². The summed E-state index contributed by atoms with van der Waals surface area (Å²) in [5.41, 5.74) is 0.0928. The first-order chi connectivity index (χ1) is 9.60. The Balaban J connectivity index is 2.18. The maximum atomic E-state index is 11.7. The van der Waals surface area contributed by atoms with Crippen molar-refractivity contribution in [2.24, 2.45) is 0 Å². The minimum absolute atomic E-state index is 0.0385. The Morgan fingerprint density at radius 3 is 2.75 bits per heavy atom. The number of carboxylic acid groups (broad SMARTS) is 1. The normalized spacial score (nSPS) is 9.85. The number of hydrogen-bond acceptors (Lipinski definition) is 6. The Labute approximate surface area is 117 Å². The van der Waals surface area contributed by atoms with Gasteiger partial charge in [0, 0.05) is 17.6 Å². The molecule has 0 aliphatic heterocycles. The number of methoxy groups -OCH3 is 1. The van der Waals surface area contributed by atoms with Crippen molar-refractivity contribution in [1.82, 2.24) is 9.59 Å². The van der Waals surface area contributed by atoms with Gasteiger partial charge < -0.3 is 15.2 Å². The lowest BCUT2D eigenvalue weighted by Crippen LogP contribution is -2.20. The van der Waals surface area contributed by atoms with Crippen LogP contribution in [0.4, 0.5) is 15.5 Å². The second-order valence-electron chi connectivity index (χ2n) is 3.58. The van der Waals surface area contributed by atoms with Gasteiger partial charge in [0.15, 0.2) is 0 Å². The zero-order chi connectivity index (χ0) is 14.5. The summed E-state index contributed by atoms with van der Waals surface area (Å²) in [6, 6.07) is 3.69. The van der Waals surface area contributed by atoms with E-state index in [4.69, 9.17) is 9.84 Å². The molecular formula is C11H10N4O4S. The van der Waals surface area contributed by atoms with Gasteiger partial charge in [-0.3, -0.25) is 5.32 Å². The number of ether oxygens (including phenoxy) is 1. The zero-order valence-corrected chi connectivity index (χ0v) is 11.1. The molecule has 8 nitrogen and oxygen atoms in total. The molecule has 0 atom stereocenters. The van der Waals surface area contributed by atoms with E-state index in [2.05, 4.69) is 20.2 Å². The average molecular weight is 294 g/mol. The molecule has 104 valence electrons. The van der Waals surface area contributed by atoms with E-state index in [1.165, 1.54) is 31.5 Å². The highest BCUT2D eigenvalue weighted by Crippen LogP contribution is 2.23. The number of nitrogens with one attached hydrogen (secondary N) is 2. The van der Waals surface area contributed by atoms with Crippen molar-refractivity contribution in [3.8, 4) is 5.75 Å². The highest BCUT2D eigenvalue weighted by molar-refractivity contribution is 7.10. The number of nitrogens with zero attached hydrogens (tertiary/aromatic N) is 2. The average Bonchev–Trinajstić information content (AvgIpc) is 2.90. The first-order valence-corrected chi connectivity index (χ1v) is 6.14. The molecule has 2 amide bonds. The fourth-order valence-electron chi connectivity index (χ4n) is 1.43. The van der Waals surface area contributed by atoms with Gasteiger partial charge >= 0.3 is 12.0 Å². The van der Waals surface area contributed by atoms with Crippen LogP contribution in [-0.4, -0.2) is 33.8 Å². The van der Waals surface area contributed by atoms with Crippen LogP contribution in [0.15, 0.2) is 24.4 Å². The van der Waals surface area contributed by atoms with Gasteiger partial charge in [0.2, 0.25) is 0 Å². The number of hydrogen-bond donors (Lipinski definition) is 3.